The third-order valence-electron chi connectivity index (χ3n) is 5.11. The summed E-state index contributed by atoms with van der Waals surface area (Å²) in [6.45, 7) is 0. The molecule has 10 heteroatoms. The summed E-state index contributed by atoms with van der Waals surface area (Å²) in [7, 11) is 0. The minimum atomic E-state index is -1.02. The quantitative estimate of drug-likeness (QED) is 0.181. The summed E-state index contributed by atoms with van der Waals surface area (Å²) in [6.07, 6.45) is -2.02. The Bertz CT molecular complexity index is 1200. The van der Waals surface area contributed by atoms with Crippen molar-refractivity contribution < 1.29 is 44.9 Å². The molecule has 10 nitrogen and oxygen atoms in total. The number of hydrogen-bond donors (Lipinski definition) is 7. The van der Waals surface area contributed by atoms with Crippen molar-refractivity contribution >= 4 is 11.7 Å². The fourth-order valence-electron chi connectivity index (χ4n) is 3.52. The van der Waals surface area contributed by atoms with Crippen LogP contribution in [0.25, 0.3) is 0 Å². The molecule has 3 aromatic rings. The van der Waals surface area contributed by atoms with E-state index in [4.69, 9.17) is 15.2 Å². The number of rotatable bonds is 3. The van der Waals surface area contributed by atoms with Gasteiger partial charge in [-0.05, 0) is 24.3 Å². The van der Waals surface area contributed by atoms with E-state index in [9.17, 15) is 35.4 Å². The second-order valence-corrected chi connectivity index (χ2v) is 7.31. The Morgan fingerprint density at radius 2 is 1.66 bits per heavy atom. The zero-order valence-corrected chi connectivity index (χ0v) is 16.4. The first-order valence-corrected chi connectivity index (χ1v) is 9.40. The van der Waals surface area contributed by atoms with Crippen LogP contribution in [0.3, 0.4) is 0 Å². The summed E-state index contributed by atoms with van der Waals surface area (Å²) < 4.78 is 11.5. The molecule has 0 amide bonds. The molecule has 0 aliphatic carbocycles. The molecule has 2 atom stereocenters. The molecule has 3 aromatic carbocycles. The number of esters is 1. The molecule has 0 aromatic heterocycles. The maximum atomic E-state index is 12.8. The summed E-state index contributed by atoms with van der Waals surface area (Å²) in [5.74, 6) is -3.19. The van der Waals surface area contributed by atoms with Crippen LogP contribution >= 0.6 is 0 Å². The molecule has 0 unspecified atom stereocenters. The smallest absolute Gasteiger partial charge is 0.338 e. The standard InChI is InChI=1S/C22H19NO9/c23-13-3-10(5-17(28)20(13)29)22(30)32-19-8-12-15(26)6-11(24)7-18(12)31-21(19)9-1-2-14(25)16(27)4-9/h1-7,19,21,24-29H,8,23H2/t19-,21-/m1/s1. The van der Waals surface area contributed by atoms with Gasteiger partial charge in [0, 0.05) is 29.7 Å². The zero-order chi connectivity index (χ0) is 23.2. The molecule has 0 saturated carbocycles. The van der Waals surface area contributed by atoms with E-state index in [-0.39, 0.29) is 46.2 Å². The molecular formula is C22H19NO9. The molecule has 166 valence electrons. The van der Waals surface area contributed by atoms with Crippen molar-refractivity contribution in [2.75, 3.05) is 5.73 Å². The van der Waals surface area contributed by atoms with Crippen molar-refractivity contribution in [1.82, 2.24) is 0 Å². The number of fused-ring (bicyclic) bond motifs is 1. The Kier molecular flexibility index (Phi) is 4.97. The van der Waals surface area contributed by atoms with E-state index in [1.807, 2.05) is 0 Å². The maximum absolute atomic E-state index is 12.8. The van der Waals surface area contributed by atoms with Gasteiger partial charge in [0.2, 0.25) is 0 Å². The molecule has 0 radical (unpaired) electrons. The normalized spacial score (nSPS) is 17.2. The van der Waals surface area contributed by atoms with Crippen molar-refractivity contribution in [3.63, 3.8) is 0 Å². The number of hydrogen-bond acceptors (Lipinski definition) is 10. The Morgan fingerprint density at radius 1 is 0.906 bits per heavy atom. The van der Waals surface area contributed by atoms with Gasteiger partial charge in [-0.3, -0.25) is 0 Å². The molecule has 8 N–H and O–H groups in total. The van der Waals surface area contributed by atoms with Crippen LogP contribution in [-0.4, -0.2) is 42.7 Å². The van der Waals surface area contributed by atoms with Crippen molar-refractivity contribution in [1.29, 1.82) is 0 Å². The number of nitrogen functional groups attached to an aromatic ring is 1. The lowest BCUT2D eigenvalue weighted by Crippen LogP contribution is -2.34. The van der Waals surface area contributed by atoms with Gasteiger partial charge in [0.25, 0.3) is 0 Å². The van der Waals surface area contributed by atoms with Gasteiger partial charge in [-0.1, -0.05) is 6.07 Å². The average Bonchev–Trinajstić information content (AvgIpc) is 2.73. The van der Waals surface area contributed by atoms with Gasteiger partial charge in [-0.25, -0.2) is 4.79 Å². The molecule has 1 aliphatic heterocycles. The molecule has 1 aliphatic rings. The van der Waals surface area contributed by atoms with Gasteiger partial charge >= 0.3 is 5.97 Å². The summed E-state index contributed by atoms with van der Waals surface area (Å²) in [5.41, 5.74) is 5.86. The minimum absolute atomic E-state index is 0.0148. The van der Waals surface area contributed by atoms with E-state index >= 15 is 0 Å². The second kappa shape index (κ2) is 7.65. The Labute approximate surface area is 180 Å². The number of carbonyl (C=O) groups is 1. The summed E-state index contributed by atoms with van der Waals surface area (Å²) >= 11 is 0. The van der Waals surface area contributed by atoms with E-state index in [0.717, 1.165) is 18.2 Å². The topological polar surface area (TPSA) is 183 Å². The first kappa shape index (κ1) is 20.8. The van der Waals surface area contributed by atoms with Crippen LogP contribution in [0.1, 0.15) is 27.6 Å². The number of benzene rings is 3. The van der Waals surface area contributed by atoms with Crippen LogP contribution in [0.5, 0.6) is 40.2 Å². The highest BCUT2D eigenvalue weighted by atomic mass is 16.6. The fraction of sp³-hybridized carbons (Fsp3) is 0.136. The average molecular weight is 441 g/mol. The number of phenols is 6. The van der Waals surface area contributed by atoms with Crippen LogP contribution in [-0.2, 0) is 11.2 Å². The van der Waals surface area contributed by atoms with Gasteiger partial charge in [-0.15, -0.1) is 0 Å². The largest absolute Gasteiger partial charge is 0.508 e. The lowest BCUT2D eigenvalue weighted by Gasteiger charge is -2.34. The summed E-state index contributed by atoms with van der Waals surface area (Å²) in [4.78, 5) is 12.8. The first-order chi connectivity index (χ1) is 15.1. The Morgan fingerprint density at radius 3 is 2.34 bits per heavy atom. The first-order valence-electron chi connectivity index (χ1n) is 9.40. The highest BCUT2D eigenvalue weighted by Crippen LogP contribution is 2.44. The number of anilines is 1. The molecular weight excluding hydrogens is 422 g/mol. The van der Waals surface area contributed by atoms with Gasteiger partial charge in [0.05, 0.1) is 11.3 Å². The van der Waals surface area contributed by atoms with Crippen LogP contribution in [0, 0.1) is 0 Å². The predicted octanol–water partition coefficient (Wildman–Crippen LogP) is 2.40. The molecule has 1 heterocycles. The van der Waals surface area contributed by atoms with E-state index in [1.165, 1.54) is 24.3 Å². The Hall–Kier alpha value is -4.47. The number of aromatic hydroxyl groups is 6. The number of carbonyl (C=O) groups excluding carboxylic acids is 1. The van der Waals surface area contributed by atoms with Gasteiger partial charge in [-0.2, -0.15) is 0 Å². The second-order valence-electron chi connectivity index (χ2n) is 7.31. The van der Waals surface area contributed by atoms with Crippen molar-refractivity contribution in [2.45, 2.75) is 18.6 Å². The SMILES string of the molecule is Nc1cc(C(=O)O[C@@H]2Cc3c(O)cc(O)cc3O[C@@H]2c2ccc(O)c(O)c2)cc(O)c1O. The third-order valence-corrected chi connectivity index (χ3v) is 5.11. The van der Waals surface area contributed by atoms with Crippen LogP contribution < -0.4 is 10.5 Å². The molecule has 0 fully saturated rings. The van der Waals surface area contributed by atoms with Crippen LogP contribution in [0.15, 0.2) is 42.5 Å². The lowest BCUT2D eigenvalue weighted by atomic mass is 9.93. The van der Waals surface area contributed by atoms with Crippen molar-refractivity contribution in [3.8, 4) is 40.2 Å². The van der Waals surface area contributed by atoms with E-state index in [1.54, 1.807) is 0 Å². The van der Waals surface area contributed by atoms with Crippen LogP contribution in [0.4, 0.5) is 5.69 Å². The Balaban J connectivity index is 1.72. The highest BCUT2D eigenvalue weighted by molar-refractivity contribution is 5.92. The summed E-state index contributed by atoms with van der Waals surface area (Å²) in [6, 6.07) is 8.46. The van der Waals surface area contributed by atoms with E-state index < -0.39 is 35.4 Å². The monoisotopic (exact) mass is 441 g/mol. The van der Waals surface area contributed by atoms with Gasteiger partial charge in [0.15, 0.2) is 29.1 Å². The maximum Gasteiger partial charge on any atom is 0.338 e. The summed E-state index contributed by atoms with van der Waals surface area (Å²) in [5, 5.41) is 58.8. The molecule has 4 rings (SSSR count). The molecule has 0 saturated heterocycles. The van der Waals surface area contributed by atoms with Crippen molar-refractivity contribution in [2.24, 2.45) is 0 Å². The highest BCUT2D eigenvalue weighted by Gasteiger charge is 2.37. The minimum Gasteiger partial charge on any atom is -0.508 e. The predicted molar refractivity (Wildman–Crippen MR) is 110 cm³/mol. The number of ether oxygens (including phenoxy) is 2. The zero-order valence-electron chi connectivity index (χ0n) is 16.4. The fourth-order valence-corrected chi connectivity index (χ4v) is 3.52. The lowest BCUT2D eigenvalue weighted by molar-refractivity contribution is -0.0188. The van der Waals surface area contributed by atoms with E-state index in [0.29, 0.717) is 5.56 Å². The third kappa shape index (κ3) is 3.69. The number of phenolic OH excluding ortho intramolecular Hbond substituents is 6. The van der Waals surface area contributed by atoms with E-state index in [2.05, 4.69) is 0 Å². The molecule has 32 heavy (non-hydrogen) atoms. The van der Waals surface area contributed by atoms with Crippen molar-refractivity contribution in [3.05, 3.63) is 59.2 Å². The number of nitrogens with two attached hydrogens (primary N) is 1. The molecule has 0 bridgehead atoms. The van der Waals surface area contributed by atoms with Gasteiger partial charge < -0.3 is 45.8 Å². The van der Waals surface area contributed by atoms with Gasteiger partial charge in [0.1, 0.15) is 23.4 Å². The van der Waals surface area contributed by atoms with Crippen LogP contribution in [0.2, 0.25) is 0 Å². The molecule has 0 spiro atoms.